The monoisotopic (exact) mass is 269 g/mol. The largest absolute Gasteiger partial charge is 0.378 e. The van der Waals surface area contributed by atoms with Gasteiger partial charge in [-0.25, -0.2) is 0 Å². The summed E-state index contributed by atoms with van der Waals surface area (Å²) in [4.78, 5) is 0. The molecule has 1 rings (SSSR count). The molecule has 0 amide bonds. The lowest BCUT2D eigenvalue weighted by atomic mass is 9.98. The summed E-state index contributed by atoms with van der Waals surface area (Å²) < 4.78 is 5.65. The van der Waals surface area contributed by atoms with Gasteiger partial charge >= 0.3 is 0 Å². The summed E-state index contributed by atoms with van der Waals surface area (Å²) >= 11 is 0. The topological polar surface area (TPSA) is 21.3 Å². The highest BCUT2D eigenvalue weighted by Gasteiger charge is 2.21. The number of nitrogens with one attached hydrogen (secondary N) is 1. The fraction of sp³-hybridized carbons (Fsp3) is 1.00. The zero-order valence-corrected chi connectivity index (χ0v) is 13.4. The molecule has 0 saturated carbocycles. The van der Waals surface area contributed by atoms with Crippen LogP contribution in [0.4, 0.5) is 0 Å². The molecule has 0 aromatic carbocycles. The molecule has 0 radical (unpaired) electrons. The molecule has 2 unspecified atom stereocenters. The van der Waals surface area contributed by atoms with E-state index in [4.69, 9.17) is 4.74 Å². The van der Waals surface area contributed by atoms with Gasteiger partial charge in [-0.3, -0.25) is 0 Å². The second-order valence-corrected chi connectivity index (χ2v) is 6.26. The Balaban J connectivity index is 2.28. The lowest BCUT2D eigenvalue weighted by Crippen LogP contribution is -2.43. The first-order valence-corrected chi connectivity index (χ1v) is 8.63. The third-order valence-corrected chi connectivity index (χ3v) is 4.27. The molecule has 0 aliphatic carbocycles. The Morgan fingerprint density at radius 3 is 2.21 bits per heavy atom. The van der Waals surface area contributed by atoms with Crippen molar-refractivity contribution < 1.29 is 4.74 Å². The van der Waals surface area contributed by atoms with E-state index in [2.05, 4.69) is 26.1 Å². The Hall–Kier alpha value is -0.0800. The van der Waals surface area contributed by atoms with E-state index in [1.807, 2.05) is 0 Å². The van der Waals surface area contributed by atoms with Gasteiger partial charge in [-0.05, 0) is 32.6 Å². The fourth-order valence-corrected chi connectivity index (χ4v) is 3.08. The van der Waals surface area contributed by atoms with Crippen LogP contribution in [-0.2, 0) is 4.74 Å². The zero-order valence-electron chi connectivity index (χ0n) is 13.4. The zero-order chi connectivity index (χ0) is 13.9. The third-order valence-electron chi connectivity index (χ3n) is 4.27. The molecule has 1 aliphatic rings. The highest BCUT2D eigenvalue weighted by molar-refractivity contribution is 4.79. The van der Waals surface area contributed by atoms with Gasteiger partial charge in [0, 0.05) is 18.7 Å². The van der Waals surface area contributed by atoms with Gasteiger partial charge < -0.3 is 10.1 Å². The van der Waals surface area contributed by atoms with Crippen molar-refractivity contribution in [2.75, 3.05) is 6.61 Å². The molecule has 114 valence electrons. The van der Waals surface area contributed by atoms with Crippen LogP contribution in [0.15, 0.2) is 0 Å². The van der Waals surface area contributed by atoms with Crippen molar-refractivity contribution in [1.29, 1.82) is 0 Å². The summed E-state index contributed by atoms with van der Waals surface area (Å²) in [6, 6.07) is 1.44. The van der Waals surface area contributed by atoms with Gasteiger partial charge in [-0.2, -0.15) is 0 Å². The molecule has 2 nitrogen and oxygen atoms in total. The molecule has 2 atom stereocenters. The van der Waals surface area contributed by atoms with Crippen LogP contribution in [0.3, 0.4) is 0 Å². The van der Waals surface area contributed by atoms with Crippen LogP contribution in [0.1, 0.15) is 85.0 Å². The average molecular weight is 269 g/mol. The van der Waals surface area contributed by atoms with Crippen LogP contribution >= 0.6 is 0 Å². The Labute approximate surface area is 120 Å². The second kappa shape index (κ2) is 10.7. The van der Waals surface area contributed by atoms with Gasteiger partial charge in [-0.15, -0.1) is 0 Å². The van der Waals surface area contributed by atoms with Crippen molar-refractivity contribution >= 4 is 0 Å². The minimum atomic E-state index is 0.443. The van der Waals surface area contributed by atoms with E-state index in [1.54, 1.807) is 0 Å². The van der Waals surface area contributed by atoms with Crippen LogP contribution in [0.25, 0.3) is 0 Å². The number of ether oxygens (including phenoxy) is 1. The van der Waals surface area contributed by atoms with Gasteiger partial charge in [0.25, 0.3) is 0 Å². The predicted molar refractivity (Wildman–Crippen MR) is 83.6 cm³/mol. The molecule has 0 spiro atoms. The quantitative estimate of drug-likeness (QED) is 0.582. The Bertz CT molecular complexity index is 197. The normalized spacial score (nSPS) is 24.0. The standard InChI is InChI=1S/C17H35NO/c1-4-6-8-10-16(11-9-7-5-2)18-17-12-13-19-15(3)14-17/h15-18H,4-14H2,1-3H3. The number of unbranched alkanes of at least 4 members (excludes halogenated alkanes) is 4. The molecule has 0 bridgehead atoms. The van der Waals surface area contributed by atoms with Crippen LogP contribution in [-0.4, -0.2) is 24.8 Å². The van der Waals surface area contributed by atoms with Crippen molar-refractivity contribution in [2.24, 2.45) is 0 Å². The lowest BCUT2D eigenvalue weighted by Gasteiger charge is -2.32. The summed E-state index contributed by atoms with van der Waals surface area (Å²) in [6.07, 6.45) is 13.8. The Morgan fingerprint density at radius 2 is 1.68 bits per heavy atom. The molecule has 2 heteroatoms. The number of hydrogen-bond donors (Lipinski definition) is 1. The highest BCUT2D eigenvalue weighted by atomic mass is 16.5. The minimum Gasteiger partial charge on any atom is -0.378 e. The van der Waals surface area contributed by atoms with E-state index in [-0.39, 0.29) is 0 Å². The van der Waals surface area contributed by atoms with Crippen molar-refractivity contribution in [3.05, 3.63) is 0 Å². The van der Waals surface area contributed by atoms with Crippen molar-refractivity contribution in [1.82, 2.24) is 5.32 Å². The third kappa shape index (κ3) is 7.94. The number of rotatable bonds is 10. The van der Waals surface area contributed by atoms with Crippen LogP contribution in [0.5, 0.6) is 0 Å². The lowest BCUT2D eigenvalue weighted by molar-refractivity contribution is 0.0107. The Kier molecular flexibility index (Phi) is 9.54. The first-order chi connectivity index (χ1) is 9.26. The summed E-state index contributed by atoms with van der Waals surface area (Å²) in [5.74, 6) is 0. The van der Waals surface area contributed by atoms with Crippen molar-refractivity contribution in [3.63, 3.8) is 0 Å². The molecule has 1 heterocycles. The van der Waals surface area contributed by atoms with Gasteiger partial charge in [0.1, 0.15) is 0 Å². The number of hydrogen-bond acceptors (Lipinski definition) is 2. The minimum absolute atomic E-state index is 0.443. The highest BCUT2D eigenvalue weighted by Crippen LogP contribution is 2.17. The summed E-state index contributed by atoms with van der Waals surface area (Å²) in [5.41, 5.74) is 0. The van der Waals surface area contributed by atoms with Gasteiger partial charge in [-0.1, -0.05) is 52.4 Å². The van der Waals surface area contributed by atoms with Crippen LogP contribution in [0.2, 0.25) is 0 Å². The second-order valence-electron chi connectivity index (χ2n) is 6.26. The van der Waals surface area contributed by atoms with Crippen LogP contribution < -0.4 is 5.32 Å². The maximum atomic E-state index is 5.65. The molecule has 1 N–H and O–H groups in total. The summed E-state index contributed by atoms with van der Waals surface area (Å²) in [5, 5.41) is 3.92. The van der Waals surface area contributed by atoms with E-state index in [0.29, 0.717) is 12.1 Å². The van der Waals surface area contributed by atoms with E-state index in [1.165, 1.54) is 64.2 Å². The van der Waals surface area contributed by atoms with Crippen molar-refractivity contribution in [2.45, 2.75) is 103 Å². The molecule has 1 saturated heterocycles. The molecule has 1 fully saturated rings. The van der Waals surface area contributed by atoms with E-state index in [0.717, 1.165) is 12.6 Å². The fourth-order valence-electron chi connectivity index (χ4n) is 3.08. The first-order valence-electron chi connectivity index (χ1n) is 8.63. The van der Waals surface area contributed by atoms with Gasteiger partial charge in [0.05, 0.1) is 6.10 Å². The molecule has 19 heavy (non-hydrogen) atoms. The maximum Gasteiger partial charge on any atom is 0.0561 e. The maximum absolute atomic E-state index is 5.65. The van der Waals surface area contributed by atoms with Gasteiger partial charge in [0.15, 0.2) is 0 Å². The predicted octanol–water partition coefficient (Wildman–Crippen LogP) is 4.67. The van der Waals surface area contributed by atoms with Gasteiger partial charge in [0.2, 0.25) is 0 Å². The van der Waals surface area contributed by atoms with Crippen LogP contribution in [0, 0.1) is 0 Å². The first kappa shape index (κ1) is 17.0. The smallest absolute Gasteiger partial charge is 0.0561 e. The average Bonchev–Trinajstić information content (AvgIpc) is 2.39. The van der Waals surface area contributed by atoms with Crippen molar-refractivity contribution in [3.8, 4) is 0 Å². The van der Waals surface area contributed by atoms with E-state index < -0.39 is 0 Å². The molecule has 0 aromatic heterocycles. The van der Waals surface area contributed by atoms with E-state index in [9.17, 15) is 0 Å². The summed E-state index contributed by atoms with van der Waals surface area (Å²) in [7, 11) is 0. The SMILES string of the molecule is CCCCCC(CCCCC)NC1CCOC(C)C1. The molecule has 0 aromatic rings. The molecular formula is C17H35NO. The molecule has 1 aliphatic heterocycles. The molecular weight excluding hydrogens is 234 g/mol. The Morgan fingerprint density at radius 1 is 1.05 bits per heavy atom. The summed E-state index contributed by atoms with van der Waals surface area (Å²) in [6.45, 7) is 7.73. The van der Waals surface area contributed by atoms with E-state index >= 15 is 0 Å².